The summed E-state index contributed by atoms with van der Waals surface area (Å²) >= 11 is 0. The van der Waals surface area contributed by atoms with E-state index < -0.39 is 0 Å². The molecule has 0 fully saturated rings. The lowest BCUT2D eigenvalue weighted by Crippen LogP contribution is -1.77. The minimum atomic E-state index is 0.800. The van der Waals surface area contributed by atoms with Crippen LogP contribution in [0.1, 0.15) is 39.0 Å². The van der Waals surface area contributed by atoms with E-state index in [1.807, 2.05) is 0 Å². The summed E-state index contributed by atoms with van der Waals surface area (Å²) in [5, 5.41) is 0. The summed E-state index contributed by atoms with van der Waals surface area (Å²) in [5.74, 6) is 0. The Hall–Kier alpha value is 0.860. The fourth-order valence-corrected chi connectivity index (χ4v) is 3.20. The van der Waals surface area contributed by atoms with Gasteiger partial charge in [-0.15, -0.1) is 0 Å². The van der Waals surface area contributed by atoms with E-state index >= 15 is 0 Å². The van der Waals surface area contributed by atoms with Gasteiger partial charge in [-0.2, -0.15) is 0 Å². The summed E-state index contributed by atoms with van der Waals surface area (Å²) in [6.07, 6.45) is 8.80. The van der Waals surface area contributed by atoms with Crippen molar-refractivity contribution >= 4 is 16.5 Å². The molecular weight excluding hydrogens is 158 g/mol. The lowest BCUT2D eigenvalue weighted by atomic mass is 10.2. The van der Waals surface area contributed by atoms with E-state index in [1.54, 1.807) is 0 Å². The Kier molecular flexibility index (Phi) is 10.7. The van der Waals surface area contributed by atoms with Crippen LogP contribution >= 0.6 is 16.5 Å². The van der Waals surface area contributed by atoms with Gasteiger partial charge in [0.05, 0.1) is 0 Å². The predicted molar refractivity (Wildman–Crippen MR) is 57.6 cm³/mol. The fourth-order valence-electron chi connectivity index (χ4n) is 0.975. The van der Waals surface area contributed by atoms with Crippen LogP contribution < -0.4 is 0 Å². The molecule has 0 aromatic heterocycles. The molecule has 0 nitrogen and oxygen atoms in total. The molecular formula is C8H21P2+. The summed E-state index contributed by atoms with van der Waals surface area (Å²) in [5.41, 5.74) is 0. The van der Waals surface area contributed by atoms with Crippen molar-refractivity contribution in [2.24, 2.45) is 0 Å². The molecule has 2 unspecified atom stereocenters. The van der Waals surface area contributed by atoms with Gasteiger partial charge in [0.2, 0.25) is 0 Å². The average Bonchev–Trinajstić information content (AvgIpc) is 1.97. The van der Waals surface area contributed by atoms with Gasteiger partial charge < -0.3 is 0 Å². The lowest BCUT2D eigenvalue weighted by Gasteiger charge is -1.95. The van der Waals surface area contributed by atoms with E-state index in [1.165, 1.54) is 46.5 Å². The highest BCUT2D eigenvalue weighted by atomic mass is 32.0. The Balaban J connectivity index is 2.65. The zero-order chi connectivity index (χ0) is 7.66. The number of hydrogen-bond donors (Lipinski definition) is 0. The fraction of sp³-hybridized carbons (Fsp3) is 1.00. The van der Waals surface area contributed by atoms with E-state index in [0.717, 1.165) is 8.27 Å². The van der Waals surface area contributed by atoms with Gasteiger partial charge in [0, 0.05) is 14.9 Å². The van der Waals surface area contributed by atoms with Crippen molar-refractivity contribution in [3.63, 3.8) is 0 Å². The Labute approximate surface area is 69.0 Å². The number of unbranched alkanes of at least 4 members (excludes halogenated alkanes) is 4. The highest BCUT2D eigenvalue weighted by Crippen LogP contribution is 2.33. The Morgan fingerprint density at radius 3 is 2.40 bits per heavy atom. The molecule has 2 atom stereocenters. The van der Waals surface area contributed by atoms with Crippen molar-refractivity contribution in [2.45, 2.75) is 39.0 Å². The monoisotopic (exact) mass is 179 g/mol. The minimum Gasteiger partial charge on any atom is -0.0654 e. The maximum Gasteiger partial charge on any atom is 0.0464 e. The first kappa shape index (κ1) is 10.9. The van der Waals surface area contributed by atoms with Crippen LogP contribution in [-0.2, 0) is 0 Å². The summed E-state index contributed by atoms with van der Waals surface area (Å²) < 4.78 is 0. The zero-order valence-electron chi connectivity index (χ0n) is 7.32. The maximum absolute atomic E-state index is 2.37. The highest BCUT2D eigenvalue weighted by Gasteiger charge is 1.90. The molecule has 2 heteroatoms. The van der Waals surface area contributed by atoms with Crippen molar-refractivity contribution in [1.82, 2.24) is 0 Å². The van der Waals surface area contributed by atoms with Crippen molar-refractivity contribution in [3.8, 4) is 0 Å². The van der Waals surface area contributed by atoms with Gasteiger partial charge in [-0.3, -0.25) is 0 Å². The summed E-state index contributed by atoms with van der Waals surface area (Å²) in [4.78, 5) is 0. The Morgan fingerprint density at radius 2 is 1.80 bits per heavy atom. The van der Waals surface area contributed by atoms with Crippen LogP contribution in [0.25, 0.3) is 0 Å². The molecule has 0 heterocycles. The van der Waals surface area contributed by atoms with Crippen LogP contribution in [0.5, 0.6) is 0 Å². The van der Waals surface area contributed by atoms with E-state index in [0.29, 0.717) is 0 Å². The van der Waals surface area contributed by atoms with Crippen molar-refractivity contribution in [3.05, 3.63) is 0 Å². The SMILES string of the molecule is CCCCCCCP[PH2+]C. The van der Waals surface area contributed by atoms with Crippen molar-refractivity contribution in [1.29, 1.82) is 0 Å². The summed E-state index contributed by atoms with van der Waals surface area (Å²) in [6.45, 7) is 4.64. The zero-order valence-corrected chi connectivity index (χ0v) is 9.47. The third-order valence-corrected chi connectivity index (χ3v) is 4.77. The molecule has 0 rings (SSSR count). The van der Waals surface area contributed by atoms with Gasteiger partial charge in [0.15, 0.2) is 0 Å². The van der Waals surface area contributed by atoms with Crippen LogP contribution in [0.3, 0.4) is 0 Å². The molecule has 0 aliphatic rings. The molecule has 0 aromatic carbocycles. The molecule has 0 saturated carbocycles. The van der Waals surface area contributed by atoms with E-state index in [4.69, 9.17) is 0 Å². The van der Waals surface area contributed by atoms with Crippen LogP contribution in [0.2, 0.25) is 0 Å². The van der Waals surface area contributed by atoms with Crippen LogP contribution in [0.4, 0.5) is 0 Å². The third-order valence-electron chi connectivity index (χ3n) is 1.63. The molecule has 0 aliphatic heterocycles. The molecule has 10 heavy (non-hydrogen) atoms. The standard InChI is InChI=1S/C8H20P2/c1-3-4-5-6-7-8-10-9-2/h9-10H,3-8H2,1-2H3/p+1. The third kappa shape index (κ3) is 8.86. The normalized spacial score (nSPS) is 12.6. The van der Waals surface area contributed by atoms with E-state index in [9.17, 15) is 0 Å². The molecule has 0 aromatic rings. The second-order valence-corrected chi connectivity index (χ2v) is 7.10. The molecule has 0 saturated heterocycles. The summed E-state index contributed by atoms with van der Waals surface area (Å²) in [6, 6.07) is 0. The number of hydrogen-bond acceptors (Lipinski definition) is 0. The predicted octanol–water partition coefficient (Wildman–Crippen LogP) is 3.59. The second kappa shape index (κ2) is 9.86. The first-order chi connectivity index (χ1) is 4.91. The molecule has 0 aliphatic carbocycles. The van der Waals surface area contributed by atoms with Gasteiger partial charge in [-0.25, -0.2) is 0 Å². The quantitative estimate of drug-likeness (QED) is 0.414. The first-order valence-electron chi connectivity index (χ1n) is 4.43. The molecule has 0 radical (unpaired) electrons. The van der Waals surface area contributed by atoms with Crippen molar-refractivity contribution < 1.29 is 0 Å². The van der Waals surface area contributed by atoms with E-state index in [-0.39, 0.29) is 0 Å². The van der Waals surface area contributed by atoms with Crippen LogP contribution in [0.15, 0.2) is 0 Å². The van der Waals surface area contributed by atoms with Gasteiger partial charge in [-0.1, -0.05) is 32.6 Å². The molecule has 0 amide bonds. The summed E-state index contributed by atoms with van der Waals surface area (Å²) in [7, 11) is 2.11. The van der Waals surface area contributed by atoms with Gasteiger partial charge in [-0.05, 0) is 20.9 Å². The van der Waals surface area contributed by atoms with Crippen LogP contribution in [0, 0.1) is 0 Å². The smallest absolute Gasteiger partial charge is 0.0464 e. The Morgan fingerprint density at radius 1 is 1.10 bits per heavy atom. The average molecular weight is 179 g/mol. The van der Waals surface area contributed by atoms with Gasteiger partial charge >= 0.3 is 0 Å². The molecule has 62 valence electrons. The van der Waals surface area contributed by atoms with Gasteiger partial charge in [0.25, 0.3) is 0 Å². The van der Waals surface area contributed by atoms with Crippen molar-refractivity contribution in [2.75, 3.05) is 12.8 Å². The molecule has 0 spiro atoms. The first-order valence-corrected chi connectivity index (χ1v) is 8.60. The number of rotatable bonds is 7. The maximum atomic E-state index is 2.37. The van der Waals surface area contributed by atoms with Gasteiger partial charge in [0.1, 0.15) is 0 Å². The lowest BCUT2D eigenvalue weighted by molar-refractivity contribution is 0.659. The minimum absolute atomic E-state index is 0.800. The molecule has 0 bridgehead atoms. The molecule has 0 N–H and O–H groups in total. The Bertz CT molecular complexity index is 47.2. The highest BCUT2D eigenvalue weighted by molar-refractivity contribution is 8.11. The van der Waals surface area contributed by atoms with E-state index in [2.05, 4.69) is 13.6 Å². The largest absolute Gasteiger partial charge is 0.0654 e. The van der Waals surface area contributed by atoms with Crippen LogP contribution in [-0.4, -0.2) is 12.8 Å². The topological polar surface area (TPSA) is 0 Å². The second-order valence-electron chi connectivity index (χ2n) is 2.66.